The Morgan fingerprint density at radius 1 is 0.600 bits per heavy atom. The minimum absolute atomic E-state index is 0.137. The zero-order chi connectivity index (χ0) is 10.7. The van der Waals surface area contributed by atoms with Crippen LogP contribution < -0.4 is 8.79 Å². The van der Waals surface area contributed by atoms with Gasteiger partial charge in [0.25, 0.3) is 0 Å². The van der Waals surface area contributed by atoms with Crippen LogP contribution in [0.5, 0.6) is 0 Å². The van der Waals surface area contributed by atoms with Crippen LogP contribution in [0.15, 0.2) is 48.5 Å². The maximum absolute atomic E-state index is 2.26. The molecule has 0 unspecified atom stereocenters. The molecule has 0 nitrogen and oxygen atoms in total. The summed E-state index contributed by atoms with van der Waals surface area (Å²) in [7, 11) is 0. The molecule has 1 heteroatoms. The van der Waals surface area contributed by atoms with E-state index in [9.17, 15) is 0 Å². The Morgan fingerprint density at radius 2 is 0.933 bits per heavy atom. The average Bonchev–Trinajstić information content (AvgIpc) is 2.25. The number of hydrogen-bond acceptors (Lipinski definition) is 0. The quantitative estimate of drug-likeness (QED) is 0.719. The molecule has 15 heavy (non-hydrogen) atoms. The van der Waals surface area contributed by atoms with Gasteiger partial charge in [-0.2, -0.15) is 0 Å². The molecule has 0 amide bonds. The van der Waals surface area contributed by atoms with E-state index in [0.717, 1.165) is 0 Å². The van der Waals surface area contributed by atoms with Crippen LogP contribution in [0, 0.1) is 13.8 Å². The fourth-order valence-electron chi connectivity index (χ4n) is 1.44. The van der Waals surface area contributed by atoms with Crippen LogP contribution in [0.3, 0.4) is 0 Å². The third kappa shape index (κ3) is 2.96. The van der Waals surface area contributed by atoms with E-state index in [1.165, 1.54) is 19.9 Å². The molecule has 0 saturated heterocycles. The van der Waals surface area contributed by atoms with Crippen molar-refractivity contribution in [3.8, 4) is 0 Å². The van der Waals surface area contributed by atoms with Crippen LogP contribution in [0.2, 0.25) is 0 Å². The van der Waals surface area contributed by atoms with Gasteiger partial charge in [-0.1, -0.05) is 0 Å². The second-order valence-electron chi connectivity index (χ2n) is 3.86. The van der Waals surface area contributed by atoms with Gasteiger partial charge in [-0.05, 0) is 0 Å². The molecule has 0 aliphatic heterocycles. The van der Waals surface area contributed by atoms with Crippen LogP contribution in [0.4, 0.5) is 0 Å². The van der Waals surface area contributed by atoms with Gasteiger partial charge in [0.2, 0.25) is 0 Å². The normalized spacial score (nSPS) is 10.3. The Hall–Kier alpha value is -1.02. The second-order valence-corrected chi connectivity index (χ2v) is 6.80. The standard InChI is InChI=1S/C14H14Ge/c1-11-3-7-13(8-4-11)15-14-9-5-12(2)6-10-14/h3-10H,1-2H3. The van der Waals surface area contributed by atoms with Crippen LogP contribution in [0.25, 0.3) is 0 Å². The van der Waals surface area contributed by atoms with Gasteiger partial charge < -0.3 is 0 Å². The number of benzene rings is 2. The Kier molecular flexibility index (Phi) is 3.27. The fraction of sp³-hybridized carbons (Fsp3) is 0.143. The first kappa shape index (κ1) is 10.5. The molecule has 0 aromatic heterocycles. The zero-order valence-corrected chi connectivity index (χ0v) is 11.2. The first-order valence-electron chi connectivity index (χ1n) is 5.14. The number of aryl methyl sites for hydroxylation is 2. The van der Waals surface area contributed by atoms with Crippen LogP contribution in [-0.2, 0) is 0 Å². The molecular formula is C14H14Ge. The van der Waals surface area contributed by atoms with Crippen molar-refractivity contribution in [2.75, 3.05) is 0 Å². The molecule has 0 aliphatic rings. The van der Waals surface area contributed by atoms with E-state index in [-0.39, 0.29) is 15.4 Å². The molecule has 2 radical (unpaired) electrons. The topological polar surface area (TPSA) is 0 Å². The minimum atomic E-state index is -0.137. The van der Waals surface area contributed by atoms with Gasteiger partial charge in [0.05, 0.1) is 0 Å². The molecule has 74 valence electrons. The first-order valence-corrected chi connectivity index (χ1v) is 7.24. The molecule has 0 saturated carbocycles. The fourth-order valence-corrected chi connectivity index (χ4v) is 3.54. The second kappa shape index (κ2) is 4.67. The van der Waals surface area contributed by atoms with E-state index in [1.807, 2.05) is 0 Å². The number of hydrogen-bond donors (Lipinski definition) is 0. The van der Waals surface area contributed by atoms with Gasteiger partial charge >= 0.3 is 97.7 Å². The van der Waals surface area contributed by atoms with Gasteiger partial charge in [-0.25, -0.2) is 0 Å². The third-order valence-electron chi connectivity index (χ3n) is 2.39. The molecule has 2 rings (SSSR count). The Bertz CT molecular complexity index is 382. The Morgan fingerprint density at radius 3 is 1.27 bits per heavy atom. The van der Waals surface area contributed by atoms with Crippen molar-refractivity contribution in [2.45, 2.75) is 13.8 Å². The summed E-state index contributed by atoms with van der Waals surface area (Å²) in [5.41, 5.74) is 2.68. The van der Waals surface area contributed by atoms with E-state index < -0.39 is 0 Å². The predicted molar refractivity (Wildman–Crippen MR) is 67.4 cm³/mol. The molecule has 0 fully saturated rings. The Balaban J connectivity index is 2.15. The molecule has 0 bridgehead atoms. The van der Waals surface area contributed by atoms with Crippen molar-refractivity contribution in [3.63, 3.8) is 0 Å². The van der Waals surface area contributed by atoms with Crippen LogP contribution in [0.1, 0.15) is 11.1 Å². The first-order chi connectivity index (χ1) is 7.24. The van der Waals surface area contributed by atoms with Crippen molar-refractivity contribution >= 4 is 24.2 Å². The van der Waals surface area contributed by atoms with E-state index in [2.05, 4.69) is 62.4 Å². The molecule has 0 spiro atoms. The summed E-state index contributed by atoms with van der Waals surface area (Å²) in [5.74, 6) is 0. The van der Waals surface area contributed by atoms with Gasteiger partial charge in [-0.15, -0.1) is 0 Å². The average molecular weight is 255 g/mol. The SMILES string of the molecule is Cc1cc[c]([Ge][c]2ccc(C)cc2)cc1. The Labute approximate surface area is 97.8 Å². The van der Waals surface area contributed by atoms with Crippen molar-refractivity contribution < 1.29 is 0 Å². The van der Waals surface area contributed by atoms with Crippen LogP contribution in [-0.4, -0.2) is 15.4 Å². The van der Waals surface area contributed by atoms with Gasteiger partial charge in [0.15, 0.2) is 0 Å². The molecule has 2 aromatic carbocycles. The van der Waals surface area contributed by atoms with Gasteiger partial charge in [0, 0.05) is 0 Å². The van der Waals surface area contributed by atoms with Gasteiger partial charge in [-0.3, -0.25) is 0 Å². The number of rotatable bonds is 2. The molecule has 2 aromatic rings. The summed E-state index contributed by atoms with van der Waals surface area (Å²) in [5, 5.41) is 0. The molecule has 0 atom stereocenters. The summed E-state index contributed by atoms with van der Waals surface area (Å²) >= 11 is -0.137. The van der Waals surface area contributed by atoms with Crippen molar-refractivity contribution in [2.24, 2.45) is 0 Å². The van der Waals surface area contributed by atoms with E-state index in [1.54, 1.807) is 0 Å². The molecule has 0 heterocycles. The molecular weight excluding hydrogens is 241 g/mol. The van der Waals surface area contributed by atoms with Gasteiger partial charge in [0.1, 0.15) is 0 Å². The van der Waals surface area contributed by atoms with Crippen molar-refractivity contribution in [1.29, 1.82) is 0 Å². The van der Waals surface area contributed by atoms with Crippen molar-refractivity contribution in [1.82, 2.24) is 0 Å². The third-order valence-corrected chi connectivity index (χ3v) is 5.00. The molecule has 0 N–H and O–H groups in total. The van der Waals surface area contributed by atoms with E-state index in [0.29, 0.717) is 0 Å². The predicted octanol–water partition coefficient (Wildman–Crippen LogP) is 1.96. The summed E-state index contributed by atoms with van der Waals surface area (Å²) in [6.45, 7) is 4.27. The summed E-state index contributed by atoms with van der Waals surface area (Å²) in [4.78, 5) is 0. The van der Waals surface area contributed by atoms with Crippen molar-refractivity contribution in [3.05, 3.63) is 59.7 Å². The summed E-state index contributed by atoms with van der Waals surface area (Å²) in [6.07, 6.45) is 0. The monoisotopic (exact) mass is 256 g/mol. The summed E-state index contributed by atoms with van der Waals surface area (Å²) in [6, 6.07) is 17.8. The summed E-state index contributed by atoms with van der Waals surface area (Å²) < 4.78 is 3.01. The van der Waals surface area contributed by atoms with Crippen LogP contribution >= 0.6 is 0 Å². The molecule has 0 aliphatic carbocycles. The van der Waals surface area contributed by atoms with E-state index in [4.69, 9.17) is 0 Å². The zero-order valence-electron chi connectivity index (χ0n) is 9.12. The maximum atomic E-state index is 2.26. The van der Waals surface area contributed by atoms with E-state index >= 15 is 0 Å².